The van der Waals surface area contributed by atoms with Gasteiger partial charge in [-0.2, -0.15) is 0 Å². The van der Waals surface area contributed by atoms with E-state index in [-0.39, 0.29) is 5.78 Å². The van der Waals surface area contributed by atoms with Crippen LogP contribution in [-0.2, 0) is 6.54 Å². The molecule has 0 fully saturated rings. The minimum absolute atomic E-state index is 0.114. The summed E-state index contributed by atoms with van der Waals surface area (Å²) in [5, 5.41) is 0. The largest absolute Gasteiger partial charge is 0.298 e. The average molecular weight is 279 g/mol. The lowest BCUT2D eigenvalue weighted by Gasteiger charge is -2.14. The van der Waals surface area contributed by atoms with Crippen LogP contribution in [0, 0.1) is 0 Å². The molecule has 0 radical (unpaired) electrons. The number of benzene rings is 2. The molecule has 2 heteroatoms. The number of ketones is 1. The fraction of sp³-hybridized carbons (Fsp3) is 0.211. The van der Waals surface area contributed by atoms with Gasteiger partial charge in [-0.05, 0) is 31.2 Å². The van der Waals surface area contributed by atoms with E-state index in [1.54, 1.807) is 6.92 Å². The highest BCUT2D eigenvalue weighted by atomic mass is 16.1. The Labute approximate surface area is 126 Å². The van der Waals surface area contributed by atoms with E-state index in [4.69, 9.17) is 0 Å². The zero-order valence-electron chi connectivity index (χ0n) is 12.6. The standard InChI is InChI=1S/C19H21NO/c1-16(21)19-12-6-10-18(14-19)15-20(2)13-7-11-17-8-4-3-5-9-17/h3-12,14H,13,15H2,1-2H3. The van der Waals surface area contributed by atoms with Crippen LogP contribution < -0.4 is 0 Å². The monoisotopic (exact) mass is 279 g/mol. The summed E-state index contributed by atoms with van der Waals surface area (Å²) in [4.78, 5) is 13.6. The molecule has 0 amide bonds. The summed E-state index contributed by atoms with van der Waals surface area (Å²) in [5.74, 6) is 0.114. The molecule has 0 heterocycles. The average Bonchev–Trinajstić information content (AvgIpc) is 2.48. The molecule has 2 aromatic rings. The molecule has 21 heavy (non-hydrogen) atoms. The van der Waals surface area contributed by atoms with Crippen LogP contribution >= 0.6 is 0 Å². The van der Waals surface area contributed by atoms with Crippen molar-refractivity contribution in [2.45, 2.75) is 13.5 Å². The normalized spacial score (nSPS) is 11.2. The molecule has 0 aromatic heterocycles. The Kier molecular flexibility index (Phi) is 5.47. The molecule has 0 aliphatic rings. The Morgan fingerprint density at radius 3 is 2.57 bits per heavy atom. The molecule has 0 aliphatic heterocycles. The smallest absolute Gasteiger partial charge is 0.159 e. The van der Waals surface area contributed by atoms with Crippen LogP contribution in [0.15, 0.2) is 60.7 Å². The van der Waals surface area contributed by atoms with Gasteiger partial charge >= 0.3 is 0 Å². The molecule has 2 rings (SSSR count). The number of likely N-dealkylation sites (N-methyl/N-ethyl adjacent to an activating group) is 1. The van der Waals surface area contributed by atoms with Crippen LogP contribution in [0.25, 0.3) is 6.08 Å². The molecule has 0 atom stereocenters. The number of rotatable bonds is 6. The van der Waals surface area contributed by atoms with Gasteiger partial charge in [0.25, 0.3) is 0 Å². The second kappa shape index (κ2) is 7.55. The minimum Gasteiger partial charge on any atom is -0.298 e. The van der Waals surface area contributed by atoms with Crippen LogP contribution in [0.1, 0.15) is 28.4 Å². The summed E-state index contributed by atoms with van der Waals surface area (Å²) in [5.41, 5.74) is 3.16. The lowest BCUT2D eigenvalue weighted by molar-refractivity contribution is 0.101. The van der Waals surface area contributed by atoms with Crippen molar-refractivity contribution in [1.82, 2.24) is 4.90 Å². The molecule has 0 saturated heterocycles. The third-order valence-electron chi connectivity index (χ3n) is 3.31. The maximum Gasteiger partial charge on any atom is 0.159 e. The molecule has 2 nitrogen and oxygen atoms in total. The Morgan fingerprint density at radius 2 is 1.86 bits per heavy atom. The molecule has 0 bridgehead atoms. The van der Waals surface area contributed by atoms with E-state index < -0.39 is 0 Å². The maximum absolute atomic E-state index is 11.4. The van der Waals surface area contributed by atoms with Gasteiger partial charge in [-0.3, -0.25) is 9.69 Å². The van der Waals surface area contributed by atoms with E-state index in [9.17, 15) is 4.79 Å². The van der Waals surface area contributed by atoms with Gasteiger partial charge < -0.3 is 0 Å². The summed E-state index contributed by atoms with van der Waals surface area (Å²) in [7, 11) is 2.08. The second-order valence-corrected chi connectivity index (χ2v) is 5.27. The maximum atomic E-state index is 11.4. The first-order valence-electron chi connectivity index (χ1n) is 7.15. The summed E-state index contributed by atoms with van der Waals surface area (Å²) in [6.45, 7) is 3.31. The Bertz CT molecular complexity index is 616. The van der Waals surface area contributed by atoms with Crippen molar-refractivity contribution in [2.75, 3.05) is 13.6 Å². The Morgan fingerprint density at radius 1 is 1.10 bits per heavy atom. The number of hydrogen-bond donors (Lipinski definition) is 0. The second-order valence-electron chi connectivity index (χ2n) is 5.27. The highest BCUT2D eigenvalue weighted by Crippen LogP contribution is 2.09. The van der Waals surface area contributed by atoms with Crippen LogP contribution in [0.4, 0.5) is 0 Å². The van der Waals surface area contributed by atoms with Gasteiger partial charge in [0, 0.05) is 18.7 Å². The van der Waals surface area contributed by atoms with E-state index in [0.717, 1.165) is 18.7 Å². The molecule has 0 saturated carbocycles. The summed E-state index contributed by atoms with van der Waals surface area (Å²) in [6, 6.07) is 18.1. The van der Waals surface area contributed by atoms with Crippen molar-refractivity contribution < 1.29 is 4.79 Å². The molecular weight excluding hydrogens is 258 g/mol. The predicted octanol–water partition coefficient (Wildman–Crippen LogP) is 4.03. The highest BCUT2D eigenvalue weighted by Gasteiger charge is 2.02. The fourth-order valence-electron chi connectivity index (χ4n) is 2.20. The Balaban J connectivity index is 1.90. The number of Topliss-reactive ketones (excluding diaryl/α,β-unsaturated/α-hetero) is 1. The zero-order chi connectivity index (χ0) is 15.1. The molecular formula is C19H21NO. The highest BCUT2D eigenvalue weighted by molar-refractivity contribution is 5.94. The van der Waals surface area contributed by atoms with Crippen LogP contribution in [0.5, 0.6) is 0 Å². The van der Waals surface area contributed by atoms with E-state index in [1.807, 2.05) is 36.4 Å². The van der Waals surface area contributed by atoms with Crippen molar-refractivity contribution in [2.24, 2.45) is 0 Å². The first-order chi connectivity index (χ1) is 10.1. The van der Waals surface area contributed by atoms with Gasteiger partial charge in [-0.15, -0.1) is 0 Å². The van der Waals surface area contributed by atoms with E-state index in [2.05, 4.69) is 42.3 Å². The number of nitrogens with zero attached hydrogens (tertiary/aromatic N) is 1. The summed E-state index contributed by atoms with van der Waals surface area (Å²) < 4.78 is 0. The predicted molar refractivity (Wildman–Crippen MR) is 88.3 cm³/mol. The zero-order valence-corrected chi connectivity index (χ0v) is 12.6. The van der Waals surface area contributed by atoms with Crippen molar-refractivity contribution in [3.8, 4) is 0 Å². The third kappa shape index (κ3) is 5.01. The van der Waals surface area contributed by atoms with Gasteiger partial charge in [0.1, 0.15) is 0 Å². The number of carbonyl (C=O) groups is 1. The molecule has 2 aromatic carbocycles. The van der Waals surface area contributed by atoms with Crippen molar-refractivity contribution in [3.63, 3.8) is 0 Å². The van der Waals surface area contributed by atoms with Crippen molar-refractivity contribution >= 4 is 11.9 Å². The van der Waals surface area contributed by atoms with Crippen molar-refractivity contribution in [1.29, 1.82) is 0 Å². The summed E-state index contributed by atoms with van der Waals surface area (Å²) >= 11 is 0. The topological polar surface area (TPSA) is 20.3 Å². The number of hydrogen-bond acceptors (Lipinski definition) is 2. The van der Waals surface area contributed by atoms with E-state index in [1.165, 1.54) is 11.1 Å². The fourth-order valence-corrected chi connectivity index (χ4v) is 2.20. The lowest BCUT2D eigenvalue weighted by atomic mass is 10.1. The molecule has 108 valence electrons. The molecule has 0 spiro atoms. The number of carbonyl (C=O) groups excluding carboxylic acids is 1. The first-order valence-corrected chi connectivity index (χ1v) is 7.15. The minimum atomic E-state index is 0.114. The third-order valence-corrected chi connectivity index (χ3v) is 3.31. The van der Waals surface area contributed by atoms with Crippen LogP contribution in [0.3, 0.4) is 0 Å². The quantitative estimate of drug-likeness (QED) is 0.744. The lowest BCUT2D eigenvalue weighted by Crippen LogP contribution is -2.17. The van der Waals surface area contributed by atoms with Gasteiger partial charge in [0.15, 0.2) is 5.78 Å². The van der Waals surface area contributed by atoms with E-state index >= 15 is 0 Å². The van der Waals surface area contributed by atoms with Crippen LogP contribution in [0.2, 0.25) is 0 Å². The Hall–Kier alpha value is -2.19. The van der Waals surface area contributed by atoms with Gasteiger partial charge in [-0.1, -0.05) is 60.7 Å². The molecule has 0 unspecified atom stereocenters. The van der Waals surface area contributed by atoms with E-state index in [0.29, 0.717) is 0 Å². The summed E-state index contributed by atoms with van der Waals surface area (Å²) in [6.07, 6.45) is 4.28. The van der Waals surface area contributed by atoms with Crippen LogP contribution in [-0.4, -0.2) is 24.3 Å². The molecule has 0 aliphatic carbocycles. The van der Waals surface area contributed by atoms with Gasteiger partial charge in [0.05, 0.1) is 0 Å². The SMILES string of the molecule is CC(=O)c1cccc(CN(C)CC=Cc2ccccc2)c1. The van der Waals surface area contributed by atoms with Gasteiger partial charge in [0.2, 0.25) is 0 Å². The van der Waals surface area contributed by atoms with Crippen molar-refractivity contribution in [3.05, 3.63) is 77.4 Å². The molecule has 0 N–H and O–H groups in total. The van der Waals surface area contributed by atoms with Gasteiger partial charge in [-0.25, -0.2) is 0 Å². The first kappa shape index (κ1) is 15.2.